The number of carbonyl (C=O) groups excluding carboxylic acids is 2. The lowest BCUT2D eigenvalue weighted by molar-refractivity contribution is -0.137. The Bertz CT molecular complexity index is 555. The second-order valence-electron chi connectivity index (χ2n) is 5.28. The summed E-state index contributed by atoms with van der Waals surface area (Å²) >= 11 is 0. The van der Waals surface area contributed by atoms with Crippen LogP contribution in [-0.4, -0.2) is 48.4 Å². The van der Waals surface area contributed by atoms with E-state index >= 15 is 0 Å². The van der Waals surface area contributed by atoms with Gasteiger partial charge in [0.05, 0.1) is 12.1 Å². The number of rotatable bonds is 6. The lowest BCUT2D eigenvalue weighted by atomic mass is 10.1. The molecule has 0 heterocycles. The number of amides is 3. The highest BCUT2D eigenvalue weighted by molar-refractivity contribution is 5.83. The monoisotopic (exact) mass is 345 g/mol. The molecule has 0 atom stereocenters. The predicted octanol–water partition coefficient (Wildman–Crippen LogP) is 2.72. The molecule has 0 saturated heterocycles. The quantitative estimate of drug-likeness (QED) is 0.862. The van der Waals surface area contributed by atoms with Crippen molar-refractivity contribution in [1.29, 1.82) is 0 Å². The number of carbonyl (C=O) groups is 2. The Balaban J connectivity index is 2.54. The topological polar surface area (TPSA) is 52.7 Å². The van der Waals surface area contributed by atoms with E-state index in [1.165, 1.54) is 24.1 Å². The Morgan fingerprint density at radius 3 is 2.08 bits per heavy atom. The van der Waals surface area contributed by atoms with E-state index in [1.54, 1.807) is 4.90 Å². The van der Waals surface area contributed by atoms with Crippen molar-refractivity contribution >= 4 is 11.9 Å². The summed E-state index contributed by atoms with van der Waals surface area (Å²) in [6.07, 6.45) is -4.38. The van der Waals surface area contributed by atoms with E-state index in [9.17, 15) is 22.8 Å². The molecule has 1 aromatic carbocycles. The Morgan fingerprint density at radius 1 is 1.08 bits per heavy atom. The van der Waals surface area contributed by atoms with Crippen molar-refractivity contribution in [3.05, 3.63) is 35.4 Å². The van der Waals surface area contributed by atoms with Crippen molar-refractivity contribution in [2.75, 3.05) is 26.7 Å². The van der Waals surface area contributed by atoms with Crippen LogP contribution in [0.1, 0.15) is 25.0 Å². The van der Waals surface area contributed by atoms with Crippen LogP contribution >= 0.6 is 0 Å². The molecule has 3 amide bonds. The predicted molar refractivity (Wildman–Crippen MR) is 84.2 cm³/mol. The van der Waals surface area contributed by atoms with Crippen LogP contribution in [0.4, 0.5) is 18.0 Å². The molecule has 0 saturated carbocycles. The molecule has 24 heavy (non-hydrogen) atoms. The first kappa shape index (κ1) is 19.8. The number of hydrogen-bond donors (Lipinski definition) is 1. The Hall–Kier alpha value is -2.25. The van der Waals surface area contributed by atoms with E-state index in [2.05, 4.69) is 5.32 Å². The molecule has 1 N–H and O–H groups in total. The number of urea groups is 1. The minimum absolute atomic E-state index is 0.113. The van der Waals surface area contributed by atoms with Crippen LogP contribution in [0.2, 0.25) is 0 Å². The van der Waals surface area contributed by atoms with Gasteiger partial charge in [-0.3, -0.25) is 4.79 Å². The first-order valence-electron chi connectivity index (χ1n) is 7.61. The third-order valence-corrected chi connectivity index (χ3v) is 3.55. The lowest BCUT2D eigenvalue weighted by Gasteiger charge is -2.21. The summed E-state index contributed by atoms with van der Waals surface area (Å²) in [4.78, 5) is 26.6. The lowest BCUT2D eigenvalue weighted by Crippen LogP contribution is -2.44. The molecule has 0 unspecified atom stereocenters. The van der Waals surface area contributed by atoms with Gasteiger partial charge in [0.2, 0.25) is 5.91 Å². The smallest absolute Gasteiger partial charge is 0.342 e. The zero-order chi connectivity index (χ0) is 18.3. The van der Waals surface area contributed by atoms with Gasteiger partial charge < -0.3 is 15.1 Å². The maximum absolute atomic E-state index is 12.5. The Morgan fingerprint density at radius 2 is 1.62 bits per heavy atom. The molecular weight excluding hydrogens is 323 g/mol. The van der Waals surface area contributed by atoms with Crippen molar-refractivity contribution in [1.82, 2.24) is 15.1 Å². The molecule has 0 aliphatic heterocycles. The van der Waals surface area contributed by atoms with E-state index in [-0.39, 0.29) is 19.0 Å². The summed E-state index contributed by atoms with van der Waals surface area (Å²) < 4.78 is 37.5. The summed E-state index contributed by atoms with van der Waals surface area (Å²) in [6.45, 7) is 4.85. The van der Waals surface area contributed by atoms with E-state index < -0.39 is 17.8 Å². The van der Waals surface area contributed by atoms with Crippen LogP contribution in [0.15, 0.2) is 24.3 Å². The van der Waals surface area contributed by atoms with Gasteiger partial charge in [-0.25, -0.2) is 4.79 Å². The van der Waals surface area contributed by atoms with E-state index in [1.807, 2.05) is 13.8 Å². The SMILES string of the molecule is CCN(CC)C(=O)CNC(=O)N(C)Cc1ccc(C(F)(F)F)cc1. The molecule has 0 bridgehead atoms. The highest BCUT2D eigenvalue weighted by Crippen LogP contribution is 2.29. The first-order chi connectivity index (χ1) is 11.2. The minimum atomic E-state index is -4.38. The van der Waals surface area contributed by atoms with Crippen molar-refractivity contribution in [2.24, 2.45) is 0 Å². The molecule has 0 spiro atoms. The van der Waals surface area contributed by atoms with Crippen LogP contribution in [0.25, 0.3) is 0 Å². The first-order valence-corrected chi connectivity index (χ1v) is 7.61. The van der Waals surface area contributed by atoms with E-state index in [0.29, 0.717) is 18.7 Å². The fourth-order valence-electron chi connectivity index (χ4n) is 2.12. The third kappa shape index (κ3) is 5.75. The second-order valence-corrected chi connectivity index (χ2v) is 5.28. The number of hydrogen-bond acceptors (Lipinski definition) is 2. The van der Waals surface area contributed by atoms with Gasteiger partial charge in [-0.15, -0.1) is 0 Å². The second kappa shape index (κ2) is 8.56. The summed E-state index contributed by atoms with van der Waals surface area (Å²) in [6, 6.07) is 4.15. The summed E-state index contributed by atoms with van der Waals surface area (Å²) in [5.41, 5.74) is -0.168. The van der Waals surface area contributed by atoms with Gasteiger partial charge in [-0.2, -0.15) is 13.2 Å². The number of benzene rings is 1. The van der Waals surface area contributed by atoms with Crippen LogP contribution in [0.5, 0.6) is 0 Å². The van der Waals surface area contributed by atoms with Crippen molar-refractivity contribution < 1.29 is 22.8 Å². The summed E-state index contributed by atoms with van der Waals surface area (Å²) in [7, 11) is 1.51. The molecule has 1 aromatic rings. The molecule has 0 aliphatic rings. The standard InChI is InChI=1S/C16H22F3N3O2/c1-4-22(5-2)14(23)10-20-15(24)21(3)11-12-6-8-13(9-7-12)16(17,18)19/h6-9H,4-5,10-11H2,1-3H3,(H,20,24). The molecule has 134 valence electrons. The third-order valence-electron chi connectivity index (χ3n) is 3.55. The fourth-order valence-corrected chi connectivity index (χ4v) is 2.12. The highest BCUT2D eigenvalue weighted by Gasteiger charge is 2.30. The molecule has 1 rings (SSSR count). The van der Waals surface area contributed by atoms with Crippen LogP contribution in [0, 0.1) is 0 Å². The van der Waals surface area contributed by atoms with E-state index in [4.69, 9.17) is 0 Å². The Kier molecular flexibility index (Phi) is 7.06. The highest BCUT2D eigenvalue weighted by atomic mass is 19.4. The summed E-state index contributed by atoms with van der Waals surface area (Å²) in [5, 5.41) is 2.50. The maximum atomic E-state index is 12.5. The van der Waals surface area contributed by atoms with Gasteiger partial charge in [0.1, 0.15) is 0 Å². The number of halogens is 3. The zero-order valence-electron chi connectivity index (χ0n) is 14.0. The minimum Gasteiger partial charge on any atom is -0.342 e. The molecule has 0 radical (unpaired) electrons. The largest absolute Gasteiger partial charge is 0.416 e. The van der Waals surface area contributed by atoms with Crippen LogP contribution < -0.4 is 5.32 Å². The number of nitrogens with zero attached hydrogens (tertiary/aromatic N) is 2. The van der Waals surface area contributed by atoms with Gasteiger partial charge in [0.15, 0.2) is 0 Å². The molecular formula is C16H22F3N3O2. The molecule has 5 nitrogen and oxygen atoms in total. The zero-order valence-corrected chi connectivity index (χ0v) is 14.0. The van der Waals surface area contributed by atoms with Crippen LogP contribution in [-0.2, 0) is 17.5 Å². The van der Waals surface area contributed by atoms with Gasteiger partial charge >= 0.3 is 12.2 Å². The van der Waals surface area contributed by atoms with Gasteiger partial charge in [0.25, 0.3) is 0 Å². The normalized spacial score (nSPS) is 11.1. The number of likely N-dealkylation sites (N-methyl/N-ethyl adjacent to an activating group) is 1. The molecule has 0 aromatic heterocycles. The number of nitrogens with one attached hydrogen (secondary N) is 1. The van der Waals surface area contributed by atoms with Gasteiger partial charge in [0, 0.05) is 26.7 Å². The fraction of sp³-hybridized carbons (Fsp3) is 0.500. The summed E-state index contributed by atoms with van der Waals surface area (Å²) in [5.74, 6) is -0.184. The van der Waals surface area contributed by atoms with Gasteiger partial charge in [-0.05, 0) is 31.5 Å². The average Bonchev–Trinajstić information content (AvgIpc) is 2.53. The number of alkyl halides is 3. The molecule has 0 fully saturated rings. The Labute approximate surface area is 139 Å². The molecule has 8 heteroatoms. The van der Waals surface area contributed by atoms with Crippen LogP contribution in [0.3, 0.4) is 0 Å². The van der Waals surface area contributed by atoms with Crippen molar-refractivity contribution in [2.45, 2.75) is 26.6 Å². The van der Waals surface area contributed by atoms with Crippen molar-refractivity contribution in [3.8, 4) is 0 Å². The van der Waals surface area contributed by atoms with Crippen molar-refractivity contribution in [3.63, 3.8) is 0 Å². The molecule has 0 aliphatic carbocycles. The van der Waals surface area contributed by atoms with Gasteiger partial charge in [-0.1, -0.05) is 12.1 Å². The van der Waals surface area contributed by atoms with E-state index in [0.717, 1.165) is 12.1 Å². The average molecular weight is 345 g/mol. The maximum Gasteiger partial charge on any atom is 0.416 e.